The van der Waals surface area contributed by atoms with E-state index in [-0.39, 0.29) is 0 Å². The molecular weight excluding hydrogens is 362 g/mol. The van der Waals surface area contributed by atoms with Crippen LogP contribution in [0.5, 0.6) is 0 Å². The summed E-state index contributed by atoms with van der Waals surface area (Å²) in [6.07, 6.45) is 7.92. The molecule has 154 valence electrons. The van der Waals surface area contributed by atoms with Crippen LogP contribution >= 0.6 is 0 Å². The van der Waals surface area contributed by atoms with Crippen molar-refractivity contribution in [3.8, 4) is 0 Å². The fourth-order valence-electron chi connectivity index (χ4n) is 5.47. The van der Waals surface area contributed by atoms with E-state index in [0.29, 0.717) is 17.0 Å². The maximum Gasteiger partial charge on any atom is 0.412 e. The highest BCUT2D eigenvalue weighted by molar-refractivity contribution is 5.89. The first-order valence-corrected chi connectivity index (χ1v) is 10.9. The highest BCUT2D eigenvalue weighted by Crippen LogP contribution is 2.80. The van der Waals surface area contributed by atoms with E-state index in [1.807, 2.05) is 45.0 Å². The molecule has 5 nitrogen and oxygen atoms in total. The van der Waals surface area contributed by atoms with Crippen molar-refractivity contribution in [3.63, 3.8) is 0 Å². The van der Waals surface area contributed by atoms with Gasteiger partial charge in [-0.1, -0.05) is 12.1 Å². The number of amides is 1. The number of benzene rings is 1. The van der Waals surface area contributed by atoms with Gasteiger partial charge in [0, 0.05) is 30.1 Å². The zero-order valence-electron chi connectivity index (χ0n) is 17.7. The number of nitrogens with zero attached hydrogens (tertiary/aromatic N) is 1. The first-order chi connectivity index (χ1) is 13.8. The lowest BCUT2D eigenvalue weighted by Crippen LogP contribution is -2.47. The van der Waals surface area contributed by atoms with Crippen molar-refractivity contribution >= 4 is 17.5 Å². The molecule has 2 N–H and O–H groups in total. The van der Waals surface area contributed by atoms with E-state index in [2.05, 4.69) is 27.3 Å². The van der Waals surface area contributed by atoms with Gasteiger partial charge in [-0.05, 0) is 76.7 Å². The number of hydrogen-bond donors (Lipinski definition) is 2. The first-order valence-electron chi connectivity index (χ1n) is 10.9. The molecule has 1 heterocycles. The lowest BCUT2D eigenvalue weighted by Gasteiger charge is -2.39. The third-order valence-electron chi connectivity index (χ3n) is 7.03. The van der Waals surface area contributed by atoms with Crippen molar-refractivity contribution in [2.75, 3.05) is 23.7 Å². The van der Waals surface area contributed by atoms with E-state index in [0.717, 1.165) is 37.3 Å². The minimum Gasteiger partial charge on any atom is -0.444 e. The summed E-state index contributed by atoms with van der Waals surface area (Å²) in [6.45, 7) is 7.90. The molecule has 29 heavy (non-hydrogen) atoms. The average Bonchev–Trinajstić information content (AvgIpc) is 3.52. The monoisotopic (exact) mass is 393 g/mol. The number of rotatable bonds is 4. The van der Waals surface area contributed by atoms with Gasteiger partial charge in [-0.15, -0.1) is 5.73 Å². The highest BCUT2D eigenvalue weighted by Gasteiger charge is 2.79. The predicted octanol–water partition coefficient (Wildman–Crippen LogP) is 4.93. The largest absolute Gasteiger partial charge is 0.444 e. The molecule has 1 aromatic rings. The van der Waals surface area contributed by atoms with Crippen LogP contribution in [0.15, 0.2) is 41.6 Å². The number of carbonyl (C=O) groups excluding carboxylic acids is 1. The van der Waals surface area contributed by atoms with Gasteiger partial charge in [-0.25, -0.2) is 4.79 Å². The van der Waals surface area contributed by atoms with E-state index >= 15 is 0 Å². The molecule has 0 radical (unpaired) electrons. The lowest BCUT2D eigenvalue weighted by molar-refractivity contribution is 0.0636. The van der Waals surface area contributed by atoms with E-state index in [4.69, 9.17) is 4.74 Å². The maximum absolute atomic E-state index is 12.2. The van der Waals surface area contributed by atoms with Crippen molar-refractivity contribution in [3.05, 3.63) is 41.6 Å². The number of nitrogens with one attached hydrogen (secondary N) is 2. The number of likely N-dealkylation sites (tertiary alicyclic amines) is 1. The molecule has 5 rings (SSSR count). The number of para-hydroxylation sites is 2. The van der Waals surface area contributed by atoms with Crippen LogP contribution in [0.2, 0.25) is 0 Å². The van der Waals surface area contributed by atoms with Gasteiger partial charge in [0.25, 0.3) is 0 Å². The molecule has 1 aromatic carbocycles. The summed E-state index contributed by atoms with van der Waals surface area (Å²) in [5.41, 5.74) is 7.23. The molecule has 1 aliphatic heterocycles. The Labute approximate surface area is 173 Å². The third-order valence-corrected chi connectivity index (χ3v) is 7.03. The van der Waals surface area contributed by atoms with Gasteiger partial charge < -0.3 is 10.1 Å². The van der Waals surface area contributed by atoms with Crippen LogP contribution in [0.25, 0.3) is 0 Å². The molecule has 0 bridgehead atoms. The van der Waals surface area contributed by atoms with Gasteiger partial charge in [0.05, 0.1) is 11.4 Å². The number of ether oxygens (including phenoxy) is 1. The van der Waals surface area contributed by atoms with Crippen LogP contribution in [0.3, 0.4) is 0 Å². The summed E-state index contributed by atoms with van der Waals surface area (Å²) in [5, 5.41) is 6.56. The summed E-state index contributed by atoms with van der Waals surface area (Å²) in [4.78, 5) is 14.9. The Morgan fingerprint density at radius 3 is 2.66 bits per heavy atom. The Morgan fingerprint density at radius 1 is 1.21 bits per heavy atom. The van der Waals surface area contributed by atoms with E-state index in [9.17, 15) is 4.79 Å². The van der Waals surface area contributed by atoms with Gasteiger partial charge in [0.1, 0.15) is 5.60 Å². The summed E-state index contributed by atoms with van der Waals surface area (Å²) < 4.78 is 5.40. The molecule has 1 saturated heterocycles. The van der Waals surface area contributed by atoms with Crippen LogP contribution in [-0.2, 0) is 4.74 Å². The Morgan fingerprint density at radius 2 is 1.93 bits per heavy atom. The van der Waals surface area contributed by atoms with Crippen molar-refractivity contribution < 1.29 is 9.53 Å². The van der Waals surface area contributed by atoms with Crippen molar-refractivity contribution in [2.45, 2.75) is 70.1 Å². The minimum atomic E-state index is -0.510. The standard InChI is InChI=1S/C24H31N3O2/c1-22(2,3)29-21(28)26-20-9-5-4-8-19(20)25-18-10-13-27(14-11-18)24-12-6-7-17-15-23(17,24)16-24/h4-6,8-9,18,25H,10-16H2,1-3H3,(H,26,28). The first kappa shape index (κ1) is 18.8. The Kier molecular flexibility index (Phi) is 4.13. The molecule has 2 saturated carbocycles. The molecule has 5 heteroatoms. The van der Waals surface area contributed by atoms with Crippen LogP contribution in [0.4, 0.5) is 16.2 Å². The Hall–Kier alpha value is -2.23. The molecule has 4 aliphatic rings. The normalized spacial score (nSPS) is 30.7. The smallest absolute Gasteiger partial charge is 0.412 e. The zero-order valence-corrected chi connectivity index (χ0v) is 17.7. The van der Waals surface area contributed by atoms with Crippen LogP contribution < -0.4 is 10.6 Å². The Balaban J connectivity index is 1.18. The summed E-state index contributed by atoms with van der Waals surface area (Å²) in [5.74, 6) is 0. The number of carbonyl (C=O) groups is 1. The van der Waals surface area contributed by atoms with E-state index in [1.165, 1.54) is 19.3 Å². The molecule has 2 atom stereocenters. The van der Waals surface area contributed by atoms with Crippen molar-refractivity contribution in [1.29, 1.82) is 0 Å². The second-order valence-corrected chi connectivity index (χ2v) is 10.1. The molecule has 3 fully saturated rings. The molecule has 3 aliphatic carbocycles. The zero-order chi connectivity index (χ0) is 20.3. The van der Waals surface area contributed by atoms with Gasteiger partial charge in [-0.2, -0.15) is 0 Å². The second kappa shape index (κ2) is 6.38. The third kappa shape index (κ3) is 3.27. The fraction of sp³-hybridized carbons (Fsp3) is 0.583. The number of piperidine rings is 1. The fourth-order valence-corrected chi connectivity index (χ4v) is 5.47. The average molecular weight is 394 g/mol. The Bertz CT molecular complexity index is 903. The van der Waals surface area contributed by atoms with Gasteiger partial charge in [0.15, 0.2) is 0 Å². The molecular formula is C24H31N3O2. The van der Waals surface area contributed by atoms with E-state index in [1.54, 1.807) is 5.57 Å². The summed E-state index contributed by atoms with van der Waals surface area (Å²) in [7, 11) is 0. The quantitative estimate of drug-likeness (QED) is 0.713. The van der Waals surface area contributed by atoms with E-state index < -0.39 is 11.7 Å². The lowest BCUT2D eigenvalue weighted by atomic mass is 9.97. The van der Waals surface area contributed by atoms with Crippen LogP contribution in [0, 0.1) is 5.41 Å². The minimum absolute atomic E-state index is 0.418. The van der Waals surface area contributed by atoms with Gasteiger partial charge >= 0.3 is 6.09 Å². The van der Waals surface area contributed by atoms with Crippen LogP contribution in [0.1, 0.15) is 52.9 Å². The molecule has 2 unspecified atom stereocenters. The maximum atomic E-state index is 12.2. The second-order valence-electron chi connectivity index (χ2n) is 10.1. The van der Waals surface area contributed by atoms with Crippen molar-refractivity contribution in [2.24, 2.45) is 5.41 Å². The number of hydrogen-bond acceptors (Lipinski definition) is 4. The number of anilines is 2. The topological polar surface area (TPSA) is 53.6 Å². The molecule has 1 amide bonds. The van der Waals surface area contributed by atoms with Gasteiger partial charge in [0.2, 0.25) is 0 Å². The SMILES string of the molecule is CC(C)(C)OC(=O)Nc1ccccc1NC1CCN(C23CC=C=C4CC42C3)CC1. The molecule has 1 spiro atoms. The highest BCUT2D eigenvalue weighted by atomic mass is 16.6. The predicted molar refractivity (Wildman–Crippen MR) is 115 cm³/mol. The summed E-state index contributed by atoms with van der Waals surface area (Å²) in [6, 6.07) is 8.31. The van der Waals surface area contributed by atoms with Crippen molar-refractivity contribution in [1.82, 2.24) is 4.90 Å². The van der Waals surface area contributed by atoms with Gasteiger partial charge in [-0.3, -0.25) is 10.2 Å². The van der Waals surface area contributed by atoms with Crippen LogP contribution in [-0.4, -0.2) is 41.3 Å². The molecule has 0 aromatic heterocycles. The summed E-state index contributed by atoms with van der Waals surface area (Å²) >= 11 is 0.